The van der Waals surface area contributed by atoms with Gasteiger partial charge in [0, 0.05) is 32.2 Å². The Hall–Kier alpha value is 0.320. The largest absolute Gasteiger partial charge is 0.305 e. The number of fused-ring (bicyclic) bond motifs is 1. The quantitative estimate of drug-likeness (QED) is 0.709. The number of hydrogen-bond acceptors (Lipinski definition) is 3. The summed E-state index contributed by atoms with van der Waals surface area (Å²) < 4.78 is 2.45. The number of aryl methyl sites for hydroxylation is 1. The molecule has 2 aromatic rings. The summed E-state index contributed by atoms with van der Waals surface area (Å²) in [6.45, 7) is 0.966. The average molecular weight is 407 g/mol. The highest BCUT2D eigenvalue weighted by Gasteiger charge is 2.22. The molecule has 1 aliphatic carbocycles. The first-order valence-corrected chi connectivity index (χ1v) is 9.25. The molecule has 5 heteroatoms. The third kappa shape index (κ3) is 2.90. The highest BCUT2D eigenvalue weighted by molar-refractivity contribution is 9.11. The van der Waals surface area contributed by atoms with Gasteiger partial charge in [-0.25, -0.2) is 0 Å². The summed E-state index contributed by atoms with van der Waals surface area (Å²) in [5.41, 5.74) is 1.51. The molecule has 18 heavy (non-hydrogen) atoms. The van der Waals surface area contributed by atoms with E-state index < -0.39 is 0 Å². The van der Waals surface area contributed by atoms with Crippen molar-refractivity contribution in [2.45, 2.75) is 31.8 Å². The van der Waals surface area contributed by atoms with Crippen LogP contribution in [0.2, 0.25) is 0 Å². The van der Waals surface area contributed by atoms with E-state index in [1.807, 2.05) is 22.7 Å². The Kier molecular flexibility index (Phi) is 4.25. The molecule has 0 fully saturated rings. The molecule has 1 N–H and O–H groups in total. The number of hydrogen-bond donors (Lipinski definition) is 1. The van der Waals surface area contributed by atoms with E-state index in [0.717, 1.165) is 6.54 Å². The van der Waals surface area contributed by atoms with Crippen molar-refractivity contribution in [3.63, 3.8) is 0 Å². The lowest BCUT2D eigenvalue weighted by molar-refractivity contribution is 0.465. The van der Waals surface area contributed by atoms with Gasteiger partial charge in [-0.05, 0) is 68.8 Å². The number of nitrogens with one attached hydrogen (secondary N) is 1. The Balaban J connectivity index is 1.70. The molecule has 1 nitrogen and oxygen atoms in total. The molecular formula is C13H13Br2NS2. The predicted molar refractivity (Wildman–Crippen MR) is 86.6 cm³/mol. The Morgan fingerprint density at radius 3 is 3.00 bits per heavy atom. The summed E-state index contributed by atoms with van der Waals surface area (Å²) in [7, 11) is 0. The van der Waals surface area contributed by atoms with Crippen molar-refractivity contribution in [2.75, 3.05) is 0 Å². The summed E-state index contributed by atoms with van der Waals surface area (Å²) in [4.78, 5) is 2.95. The van der Waals surface area contributed by atoms with Crippen LogP contribution < -0.4 is 5.32 Å². The van der Waals surface area contributed by atoms with Gasteiger partial charge in [0.1, 0.15) is 0 Å². The monoisotopic (exact) mass is 405 g/mol. The Labute approximate surface area is 132 Å². The molecule has 1 atom stereocenters. The van der Waals surface area contributed by atoms with E-state index in [9.17, 15) is 0 Å². The van der Waals surface area contributed by atoms with Gasteiger partial charge in [0.05, 0.1) is 3.79 Å². The van der Waals surface area contributed by atoms with Crippen molar-refractivity contribution in [1.29, 1.82) is 0 Å². The van der Waals surface area contributed by atoms with E-state index in [1.165, 1.54) is 38.0 Å². The lowest BCUT2D eigenvalue weighted by atomic mass is 9.94. The minimum Gasteiger partial charge on any atom is -0.305 e. The van der Waals surface area contributed by atoms with Gasteiger partial charge in [-0.15, -0.1) is 22.7 Å². The second-order valence-corrected chi connectivity index (χ2v) is 8.91. The molecule has 0 radical (unpaired) electrons. The lowest BCUT2D eigenvalue weighted by Gasteiger charge is -2.23. The minimum atomic E-state index is 0.525. The molecular weight excluding hydrogens is 394 g/mol. The van der Waals surface area contributed by atoms with Gasteiger partial charge < -0.3 is 5.32 Å². The van der Waals surface area contributed by atoms with Crippen LogP contribution in [-0.4, -0.2) is 0 Å². The molecule has 0 saturated heterocycles. The molecule has 0 saturated carbocycles. The molecule has 96 valence electrons. The fourth-order valence-corrected chi connectivity index (χ4v) is 5.63. The predicted octanol–water partition coefficient (Wildman–Crippen LogP) is 5.50. The zero-order chi connectivity index (χ0) is 12.5. The number of thiophene rings is 2. The number of rotatable bonds is 3. The van der Waals surface area contributed by atoms with Gasteiger partial charge in [-0.1, -0.05) is 0 Å². The van der Waals surface area contributed by atoms with E-state index in [2.05, 4.69) is 54.7 Å². The first-order valence-electron chi connectivity index (χ1n) is 5.97. The molecule has 0 amide bonds. The molecule has 1 unspecified atom stereocenters. The Morgan fingerprint density at radius 2 is 2.22 bits per heavy atom. The van der Waals surface area contributed by atoms with E-state index in [4.69, 9.17) is 0 Å². The maximum Gasteiger partial charge on any atom is 0.0704 e. The molecule has 2 heterocycles. The van der Waals surface area contributed by atoms with Crippen molar-refractivity contribution >= 4 is 54.5 Å². The summed E-state index contributed by atoms with van der Waals surface area (Å²) in [5.74, 6) is 0. The summed E-state index contributed by atoms with van der Waals surface area (Å²) in [6, 6.07) is 5.02. The smallest absolute Gasteiger partial charge is 0.0704 e. The maximum absolute atomic E-state index is 3.70. The fraction of sp³-hybridized carbons (Fsp3) is 0.385. The standard InChI is InChI=1S/C13H13Br2NS2/c14-8-4-9(17-7-8)6-16-11-2-1-3-12-10(11)5-13(15)18-12/h4-5,7,11,16H,1-3,6H2. The van der Waals surface area contributed by atoms with Gasteiger partial charge in [-0.3, -0.25) is 0 Å². The summed E-state index contributed by atoms with van der Waals surface area (Å²) in [6.07, 6.45) is 3.79. The van der Waals surface area contributed by atoms with Crippen molar-refractivity contribution in [1.82, 2.24) is 5.32 Å². The van der Waals surface area contributed by atoms with Crippen LogP contribution in [0.1, 0.15) is 34.2 Å². The van der Waals surface area contributed by atoms with Crippen molar-refractivity contribution in [3.05, 3.63) is 41.1 Å². The van der Waals surface area contributed by atoms with Crippen LogP contribution in [-0.2, 0) is 13.0 Å². The van der Waals surface area contributed by atoms with Crippen LogP contribution in [0.4, 0.5) is 0 Å². The molecule has 1 aliphatic rings. The molecule has 0 bridgehead atoms. The SMILES string of the molecule is Brc1csc(CNC2CCCc3sc(Br)cc32)c1. The highest BCUT2D eigenvalue weighted by Crippen LogP contribution is 2.38. The Bertz CT molecular complexity index is 547. The molecule has 0 spiro atoms. The molecule has 0 aliphatic heterocycles. The third-order valence-electron chi connectivity index (χ3n) is 3.23. The first kappa shape index (κ1) is 13.3. The summed E-state index contributed by atoms with van der Waals surface area (Å²) in [5, 5.41) is 5.84. The Morgan fingerprint density at radius 1 is 1.33 bits per heavy atom. The second-order valence-electron chi connectivity index (χ2n) is 4.49. The van der Waals surface area contributed by atoms with E-state index in [-0.39, 0.29) is 0 Å². The fourth-order valence-electron chi connectivity index (χ4n) is 2.40. The van der Waals surface area contributed by atoms with Crippen LogP contribution in [0, 0.1) is 0 Å². The van der Waals surface area contributed by atoms with Gasteiger partial charge in [0.25, 0.3) is 0 Å². The number of halogens is 2. The average Bonchev–Trinajstić information content (AvgIpc) is 2.91. The maximum atomic E-state index is 3.70. The van der Waals surface area contributed by atoms with Gasteiger partial charge >= 0.3 is 0 Å². The first-order chi connectivity index (χ1) is 8.72. The van der Waals surface area contributed by atoms with Crippen LogP contribution >= 0.6 is 54.5 Å². The van der Waals surface area contributed by atoms with Gasteiger partial charge in [-0.2, -0.15) is 0 Å². The third-order valence-corrected chi connectivity index (χ3v) is 6.64. The zero-order valence-corrected chi connectivity index (χ0v) is 14.5. The topological polar surface area (TPSA) is 12.0 Å². The minimum absolute atomic E-state index is 0.525. The van der Waals surface area contributed by atoms with Crippen molar-refractivity contribution in [3.8, 4) is 0 Å². The van der Waals surface area contributed by atoms with Crippen LogP contribution in [0.3, 0.4) is 0 Å². The highest BCUT2D eigenvalue weighted by atomic mass is 79.9. The normalized spacial score (nSPS) is 18.9. The van der Waals surface area contributed by atoms with Crippen LogP contribution in [0.5, 0.6) is 0 Å². The lowest BCUT2D eigenvalue weighted by Crippen LogP contribution is -2.23. The molecule has 2 aromatic heterocycles. The van der Waals surface area contributed by atoms with Crippen LogP contribution in [0.25, 0.3) is 0 Å². The van der Waals surface area contributed by atoms with E-state index >= 15 is 0 Å². The zero-order valence-electron chi connectivity index (χ0n) is 9.71. The second kappa shape index (κ2) is 5.75. The summed E-state index contributed by atoms with van der Waals surface area (Å²) >= 11 is 10.8. The van der Waals surface area contributed by atoms with E-state index in [1.54, 1.807) is 4.88 Å². The van der Waals surface area contributed by atoms with E-state index in [0.29, 0.717) is 6.04 Å². The van der Waals surface area contributed by atoms with Crippen molar-refractivity contribution in [2.24, 2.45) is 0 Å². The molecule has 3 rings (SSSR count). The van der Waals surface area contributed by atoms with Gasteiger partial charge in [0.2, 0.25) is 0 Å². The molecule has 0 aromatic carbocycles. The van der Waals surface area contributed by atoms with Gasteiger partial charge in [0.15, 0.2) is 0 Å². The van der Waals surface area contributed by atoms with Crippen LogP contribution in [0.15, 0.2) is 25.8 Å². The van der Waals surface area contributed by atoms with Crippen molar-refractivity contribution < 1.29 is 0 Å².